The van der Waals surface area contributed by atoms with Gasteiger partial charge in [-0.1, -0.05) is 0 Å². The van der Waals surface area contributed by atoms with Crippen LogP contribution in [0.15, 0.2) is 12.4 Å². The number of halogens is 1. The quantitative estimate of drug-likeness (QED) is 0.667. The third kappa shape index (κ3) is 2.16. The van der Waals surface area contributed by atoms with E-state index in [9.17, 15) is 4.39 Å². The molecule has 0 saturated carbocycles. The monoisotopic (exact) mass is 166 g/mol. The molecule has 1 aromatic rings. The molecule has 0 aliphatic heterocycles. The number of hydrogen-bond donors (Lipinski definition) is 1. The van der Waals surface area contributed by atoms with Gasteiger partial charge in [-0.25, -0.2) is 14.4 Å². The predicted molar refractivity (Wildman–Crippen MR) is 40.9 cm³/mol. The van der Waals surface area contributed by atoms with Crippen molar-refractivity contribution >= 4 is 5.82 Å². The van der Waals surface area contributed by atoms with E-state index < -0.39 is 6.30 Å². The summed E-state index contributed by atoms with van der Waals surface area (Å²) in [7, 11) is 0. The lowest BCUT2D eigenvalue weighted by Gasteiger charge is -2.03. The first-order chi connectivity index (χ1) is 5.72. The molecule has 0 aromatic carbocycles. The highest BCUT2D eigenvalue weighted by Crippen LogP contribution is 2.02. The highest BCUT2D eigenvalue weighted by atomic mass is 19.1. The summed E-state index contributed by atoms with van der Waals surface area (Å²) in [6, 6.07) is 1.81. The van der Waals surface area contributed by atoms with Gasteiger partial charge in [0.05, 0.1) is 12.4 Å². The van der Waals surface area contributed by atoms with Crippen LogP contribution in [-0.4, -0.2) is 16.3 Å². The van der Waals surface area contributed by atoms with Crippen molar-refractivity contribution in [3.8, 4) is 6.07 Å². The normalized spacial score (nSPS) is 11.8. The summed E-state index contributed by atoms with van der Waals surface area (Å²) in [4.78, 5) is 7.45. The van der Waals surface area contributed by atoms with Gasteiger partial charge in [-0.15, -0.1) is 0 Å². The lowest BCUT2D eigenvalue weighted by atomic mass is 10.5. The van der Waals surface area contributed by atoms with Gasteiger partial charge in [-0.05, 0) is 6.92 Å². The van der Waals surface area contributed by atoms with Crippen molar-refractivity contribution < 1.29 is 4.39 Å². The van der Waals surface area contributed by atoms with Gasteiger partial charge >= 0.3 is 0 Å². The second kappa shape index (κ2) is 3.62. The van der Waals surface area contributed by atoms with Crippen molar-refractivity contribution in [3.05, 3.63) is 18.1 Å². The summed E-state index contributed by atoms with van der Waals surface area (Å²) in [5.74, 6) is 0.323. The number of alkyl halides is 1. The summed E-state index contributed by atoms with van der Waals surface area (Å²) in [5.41, 5.74) is 0.215. The minimum atomic E-state index is -1.17. The molecule has 1 N–H and O–H groups in total. The SMILES string of the molecule is CC(F)Nc1cnc(C#N)cn1. The molecule has 0 saturated heterocycles. The molecule has 1 atom stereocenters. The number of nitrogens with zero attached hydrogens (tertiary/aromatic N) is 3. The van der Waals surface area contributed by atoms with E-state index in [0.29, 0.717) is 5.82 Å². The van der Waals surface area contributed by atoms with Gasteiger partial charge < -0.3 is 5.32 Å². The summed E-state index contributed by atoms with van der Waals surface area (Å²) in [6.45, 7) is 1.35. The van der Waals surface area contributed by atoms with Gasteiger partial charge in [0.15, 0.2) is 12.0 Å². The van der Waals surface area contributed by atoms with Crippen molar-refractivity contribution in [2.24, 2.45) is 0 Å². The first-order valence-electron chi connectivity index (χ1n) is 3.35. The minimum absolute atomic E-state index is 0.215. The maximum absolute atomic E-state index is 12.3. The summed E-state index contributed by atoms with van der Waals surface area (Å²) >= 11 is 0. The molecular formula is C7H7FN4. The van der Waals surface area contributed by atoms with E-state index in [0.717, 1.165) is 0 Å². The zero-order valence-electron chi connectivity index (χ0n) is 6.45. The number of aromatic nitrogens is 2. The van der Waals surface area contributed by atoms with Crippen molar-refractivity contribution in [3.63, 3.8) is 0 Å². The van der Waals surface area contributed by atoms with Gasteiger partial charge in [-0.2, -0.15) is 5.26 Å². The molecule has 4 nitrogen and oxygen atoms in total. The Kier molecular flexibility index (Phi) is 2.53. The van der Waals surface area contributed by atoms with E-state index in [1.165, 1.54) is 19.3 Å². The van der Waals surface area contributed by atoms with Crippen LogP contribution in [0.3, 0.4) is 0 Å². The van der Waals surface area contributed by atoms with Crippen molar-refractivity contribution in [2.45, 2.75) is 13.2 Å². The van der Waals surface area contributed by atoms with Crippen LogP contribution in [-0.2, 0) is 0 Å². The molecule has 0 spiro atoms. The summed E-state index contributed by atoms with van der Waals surface area (Å²) < 4.78 is 12.3. The molecule has 0 bridgehead atoms. The van der Waals surface area contributed by atoms with E-state index in [1.54, 1.807) is 0 Å². The fourth-order valence-electron chi connectivity index (χ4n) is 0.664. The molecule has 1 rings (SSSR count). The largest absolute Gasteiger partial charge is 0.340 e. The lowest BCUT2D eigenvalue weighted by Crippen LogP contribution is -2.09. The molecule has 0 radical (unpaired) electrons. The Morgan fingerprint density at radius 3 is 2.75 bits per heavy atom. The molecule has 5 heteroatoms. The number of nitriles is 1. The maximum Gasteiger partial charge on any atom is 0.168 e. The van der Waals surface area contributed by atoms with E-state index in [2.05, 4.69) is 15.3 Å². The third-order valence-corrected chi connectivity index (χ3v) is 1.11. The van der Waals surface area contributed by atoms with E-state index >= 15 is 0 Å². The second-order valence-electron chi connectivity index (χ2n) is 2.16. The van der Waals surface area contributed by atoms with Crippen molar-refractivity contribution in [2.75, 3.05) is 5.32 Å². The molecule has 0 aliphatic rings. The lowest BCUT2D eigenvalue weighted by molar-refractivity contribution is 0.401. The topological polar surface area (TPSA) is 61.6 Å². The molecule has 0 amide bonds. The van der Waals surface area contributed by atoms with Gasteiger partial charge in [0.25, 0.3) is 0 Å². The molecule has 0 aliphatic carbocycles. The molecular weight excluding hydrogens is 159 g/mol. The van der Waals surface area contributed by atoms with E-state index in [4.69, 9.17) is 5.26 Å². The Labute approximate surface area is 69.1 Å². The molecule has 1 aromatic heterocycles. The number of anilines is 1. The molecule has 1 heterocycles. The zero-order valence-corrected chi connectivity index (χ0v) is 6.45. The van der Waals surface area contributed by atoms with Crippen molar-refractivity contribution in [1.82, 2.24) is 9.97 Å². The highest BCUT2D eigenvalue weighted by molar-refractivity contribution is 5.33. The average Bonchev–Trinajstić information content (AvgIpc) is 2.05. The van der Waals surface area contributed by atoms with Gasteiger partial charge in [0, 0.05) is 0 Å². The van der Waals surface area contributed by atoms with Crippen LogP contribution < -0.4 is 5.32 Å². The van der Waals surface area contributed by atoms with Crippen molar-refractivity contribution in [1.29, 1.82) is 5.26 Å². The molecule has 0 fully saturated rings. The Hall–Kier alpha value is -1.70. The van der Waals surface area contributed by atoms with Crippen LogP contribution in [0, 0.1) is 11.3 Å². The summed E-state index contributed by atoms with van der Waals surface area (Å²) in [5, 5.41) is 10.8. The summed E-state index contributed by atoms with van der Waals surface area (Å²) in [6.07, 6.45) is 1.42. The fourth-order valence-corrected chi connectivity index (χ4v) is 0.664. The van der Waals surface area contributed by atoms with E-state index in [1.807, 2.05) is 6.07 Å². The van der Waals surface area contributed by atoms with Crippen LogP contribution in [0.2, 0.25) is 0 Å². The Bertz CT molecular complexity index is 287. The number of rotatable bonds is 2. The van der Waals surface area contributed by atoms with Crippen LogP contribution in [0.4, 0.5) is 10.2 Å². The van der Waals surface area contributed by atoms with Crippen LogP contribution in [0.1, 0.15) is 12.6 Å². The molecule has 1 unspecified atom stereocenters. The Morgan fingerprint density at radius 2 is 2.33 bits per heavy atom. The minimum Gasteiger partial charge on any atom is -0.340 e. The van der Waals surface area contributed by atoms with Gasteiger partial charge in [-0.3, -0.25) is 0 Å². The Morgan fingerprint density at radius 1 is 1.58 bits per heavy atom. The van der Waals surface area contributed by atoms with Gasteiger partial charge in [0.2, 0.25) is 0 Å². The third-order valence-electron chi connectivity index (χ3n) is 1.11. The second-order valence-corrected chi connectivity index (χ2v) is 2.16. The van der Waals surface area contributed by atoms with Crippen LogP contribution in [0.25, 0.3) is 0 Å². The smallest absolute Gasteiger partial charge is 0.168 e. The molecule has 12 heavy (non-hydrogen) atoms. The number of nitrogens with one attached hydrogen (secondary N) is 1. The van der Waals surface area contributed by atoms with E-state index in [-0.39, 0.29) is 5.69 Å². The Balaban J connectivity index is 2.73. The maximum atomic E-state index is 12.3. The van der Waals surface area contributed by atoms with Crippen LogP contribution in [0.5, 0.6) is 0 Å². The first kappa shape index (κ1) is 8.40. The average molecular weight is 166 g/mol. The standard InChI is InChI=1S/C7H7FN4/c1-5(8)12-7-4-10-6(2-9)3-11-7/h3-5H,1H3,(H,11,12). The highest BCUT2D eigenvalue weighted by Gasteiger charge is 1.99. The zero-order chi connectivity index (χ0) is 8.97. The van der Waals surface area contributed by atoms with Gasteiger partial charge in [0.1, 0.15) is 11.9 Å². The number of hydrogen-bond acceptors (Lipinski definition) is 4. The van der Waals surface area contributed by atoms with Crippen LogP contribution >= 0.6 is 0 Å². The first-order valence-corrected chi connectivity index (χ1v) is 3.35. The molecule has 62 valence electrons. The predicted octanol–water partition coefficient (Wildman–Crippen LogP) is 1.08. The fraction of sp³-hybridized carbons (Fsp3) is 0.286.